The molecule has 0 aromatic rings. The highest BCUT2D eigenvalue weighted by atomic mass is 14.9. The second-order valence-electron chi connectivity index (χ2n) is 7.49. The largest absolute Gasteiger partial charge is 0.314 e. The van der Waals surface area contributed by atoms with Gasteiger partial charge in [-0.05, 0) is 43.6 Å². The Kier molecular flexibility index (Phi) is 5.21. The Morgan fingerprint density at radius 2 is 1.26 bits per heavy atom. The van der Waals surface area contributed by atoms with Crippen LogP contribution < -0.4 is 5.32 Å². The van der Waals surface area contributed by atoms with Crippen LogP contribution in [0, 0.1) is 17.8 Å². The van der Waals surface area contributed by atoms with Crippen LogP contribution in [0.5, 0.6) is 0 Å². The third kappa shape index (κ3) is 3.74. The summed E-state index contributed by atoms with van der Waals surface area (Å²) >= 11 is 0. The van der Waals surface area contributed by atoms with Gasteiger partial charge in [-0.1, -0.05) is 64.2 Å². The van der Waals surface area contributed by atoms with E-state index in [1.807, 2.05) is 0 Å². The van der Waals surface area contributed by atoms with Crippen LogP contribution >= 0.6 is 0 Å². The summed E-state index contributed by atoms with van der Waals surface area (Å²) in [6.45, 7) is 1.28. The van der Waals surface area contributed by atoms with Crippen molar-refractivity contribution in [1.29, 1.82) is 0 Å². The van der Waals surface area contributed by atoms with Crippen molar-refractivity contribution in [2.24, 2.45) is 17.8 Å². The highest BCUT2D eigenvalue weighted by molar-refractivity contribution is 4.86. The van der Waals surface area contributed by atoms with Crippen LogP contribution in [0.15, 0.2) is 0 Å². The van der Waals surface area contributed by atoms with Crippen molar-refractivity contribution in [3.05, 3.63) is 0 Å². The van der Waals surface area contributed by atoms with Gasteiger partial charge >= 0.3 is 0 Å². The molecule has 1 saturated heterocycles. The van der Waals surface area contributed by atoms with Crippen LogP contribution in [0.4, 0.5) is 0 Å². The van der Waals surface area contributed by atoms with Crippen molar-refractivity contribution in [3.8, 4) is 0 Å². The lowest BCUT2D eigenvalue weighted by molar-refractivity contribution is 0.146. The first-order valence-electron chi connectivity index (χ1n) is 9.17. The fraction of sp³-hybridized carbons (Fsp3) is 1.00. The Hall–Kier alpha value is -0.0400. The zero-order valence-corrected chi connectivity index (χ0v) is 12.7. The second-order valence-corrected chi connectivity index (χ2v) is 7.49. The van der Waals surface area contributed by atoms with Crippen LogP contribution in [0.2, 0.25) is 0 Å². The number of nitrogens with one attached hydrogen (secondary N) is 1. The molecule has 2 aliphatic carbocycles. The molecule has 0 radical (unpaired) electrons. The predicted octanol–water partition coefficient (Wildman–Crippen LogP) is 4.91. The molecule has 2 atom stereocenters. The van der Waals surface area contributed by atoms with Crippen LogP contribution in [0.25, 0.3) is 0 Å². The molecule has 0 spiro atoms. The van der Waals surface area contributed by atoms with Gasteiger partial charge in [-0.25, -0.2) is 0 Å². The first-order valence-corrected chi connectivity index (χ1v) is 9.17. The van der Waals surface area contributed by atoms with E-state index in [1.165, 1.54) is 64.3 Å². The van der Waals surface area contributed by atoms with Gasteiger partial charge in [-0.15, -0.1) is 0 Å². The van der Waals surface area contributed by atoms with Gasteiger partial charge in [0.15, 0.2) is 0 Å². The van der Waals surface area contributed by atoms with Crippen molar-refractivity contribution in [3.63, 3.8) is 0 Å². The lowest BCUT2D eigenvalue weighted by Crippen LogP contribution is -2.38. The van der Waals surface area contributed by atoms with E-state index < -0.39 is 0 Å². The van der Waals surface area contributed by atoms with Gasteiger partial charge in [0, 0.05) is 6.04 Å². The molecular weight excluding hydrogens is 230 g/mol. The van der Waals surface area contributed by atoms with E-state index in [2.05, 4.69) is 5.32 Å². The molecule has 1 N–H and O–H groups in total. The van der Waals surface area contributed by atoms with Crippen molar-refractivity contribution in [1.82, 2.24) is 5.32 Å². The normalized spacial score (nSPS) is 32.5. The molecule has 2 saturated carbocycles. The molecular formula is C18H33N. The van der Waals surface area contributed by atoms with Crippen molar-refractivity contribution >= 4 is 0 Å². The van der Waals surface area contributed by atoms with Crippen molar-refractivity contribution < 1.29 is 0 Å². The van der Waals surface area contributed by atoms with Gasteiger partial charge < -0.3 is 5.32 Å². The number of hydrogen-bond donors (Lipinski definition) is 1. The fourth-order valence-corrected chi connectivity index (χ4v) is 5.17. The summed E-state index contributed by atoms with van der Waals surface area (Å²) in [5.41, 5.74) is 0. The monoisotopic (exact) mass is 263 g/mol. The Morgan fingerprint density at radius 1 is 0.684 bits per heavy atom. The van der Waals surface area contributed by atoms with Gasteiger partial charge in [0.25, 0.3) is 0 Å². The molecule has 19 heavy (non-hydrogen) atoms. The van der Waals surface area contributed by atoms with E-state index in [9.17, 15) is 0 Å². The Bertz CT molecular complexity index is 244. The highest BCUT2D eigenvalue weighted by Crippen LogP contribution is 2.43. The maximum absolute atomic E-state index is 3.81. The summed E-state index contributed by atoms with van der Waals surface area (Å²) in [5.74, 6) is 3.24. The highest BCUT2D eigenvalue weighted by Gasteiger charge is 2.33. The molecule has 3 rings (SSSR count). The Morgan fingerprint density at radius 3 is 1.84 bits per heavy atom. The summed E-state index contributed by atoms with van der Waals surface area (Å²) in [6.07, 6.45) is 19.6. The number of rotatable bonds is 4. The van der Waals surface area contributed by atoms with E-state index in [-0.39, 0.29) is 0 Å². The van der Waals surface area contributed by atoms with Crippen LogP contribution in [-0.4, -0.2) is 12.6 Å². The van der Waals surface area contributed by atoms with E-state index in [0.717, 1.165) is 23.8 Å². The van der Waals surface area contributed by atoms with Crippen molar-refractivity contribution in [2.75, 3.05) is 6.54 Å². The molecule has 3 fully saturated rings. The van der Waals surface area contributed by atoms with E-state index in [0.29, 0.717) is 0 Å². The minimum Gasteiger partial charge on any atom is -0.314 e. The third-order valence-corrected chi connectivity index (χ3v) is 6.23. The van der Waals surface area contributed by atoms with Crippen LogP contribution in [0.3, 0.4) is 0 Å². The molecule has 0 amide bonds. The molecule has 1 heterocycles. The Labute approximate surface area is 119 Å². The molecule has 1 nitrogen and oxygen atoms in total. The van der Waals surface area contributed by atoms with Gasteiger partial charge in [0.1, 0.15) is 0 Å². The predicted molar refractivity (Wildman–Crippen MR) is 82.3 cm³/mol. The smallest absolute Gasteiger partial charge is 0.00699 e. The standard InChI is InChI=1S/C18H33N/c1-2-8-15(9-3-1)18(16-10-4-5-11-16)14-17-12-6-7-13-19-17/h15-19H,1-14H2. The maximum Gasteiger partial charge on any atom is 0.00699 e. The third-order valence-electron chi connectivity index (χ3n) is 6.23. The number of piperidine rings is 1. The summed E-state index contributed by atoms with van der Waals surface area (Å²) in [5, 5.41) is 3.81. The zero-order valence-electron chi connectivity index (χ0n) is 12.7. The van der Waals surface area contributed by atoms with Crippen molar-refractivity contribution in [2.45, 2.75) is 89.5 Å². The fourth-order valence-electron chi connectivity index (χ4n) is 5.17. The first-order chi connectivity index (χ1) is 9.43. The average Bonchev–Trinajstić information content (AvgIpc) is 3.01. The molecule has 1 heteroatoms. The summed E-state index contributed by atoms with van der Waals surface area (Å²) in [6, 6.07) is 0.862. The molecule has 0 aromatic carbocycles. The minimum atomic E-state index is 0.862. The van der Waals surface area contributed by atoms with Crippen LogP contribution in [-0.2, 0) is 0 Å². The second kappa shape index (κ2) is 7.11. The van der Waals surface area contributed by atoms with E-state index >= 15 is 0 Å². The Balaban J connectivity index is 1.60. The SMILES string of the molecule is C1CCC(C(CC2CCCCN2)C2CCCC2)CC1. The molecule has 1 aliphatic heterocycles. The minimum absolute atomic E-state index is 0.862. The molecule has 0 bridgehead atoms. The van der Waals surface area contributed by atoms with Gasteiger partial charge in [-0.3, -0.25) is 0 Å². The summed E-state index contributed by atoms with van der Waals surface area (Å²) < 4.78 is 0. The maximum atomic E-state index is 3.81. The van der Waals surface area contributed by atoms with E-state index in [4.69, 9.17) is 0 Å². The molecule has 3 aliphatic rings. The average molecular weight is 263 g/mol. The van der Waals surface area contributed by atoms with E-state index in [1.54, 1.807) is 25.7 Å². The zero-order chi connectivity index (χ0) is 12.9. The molecule has 2 unspecified atom stereocenters. The quantitative estimate of drug-likeness (QED) is 0.760. The molecule has 110 valence electrons. The molecule has 0 aromatic heterocycles. The first kappa shape index (κ1) is 13.9. The topological polar surface area (TPSA) is 12.0 Å². The lowest BCUT2D eigenvalue weighted by Gasteiger charge is -2.38. The number of hydrogen-bond acceptors (Lipinski definition) is 1. The summed E-state index contributed by atoms with van der Waals surface area (Å²) in [7, 11) is 0. The van der Waals surface area contributed by atoms with Gasteiger partial charge in [0.2, 0.25) is 0 Å². The summed E-state index contributed by atoms with van der Waals surface area (Å²) in [4.78, 5) is 0. The van der Waals surface area contributed by atoms with Gasteiger partial charge in [0.05, 0.1) is 0 Å². The van der Waals surface area contributed by atoms with Crippen LogP contribution in [0.1, 0.15) is 83.5 Å². The lowest BCUT2D eigenvalue weighted by atomic mass is 9.70. The van der Waals surface area contributed by atoms with Gasteiger partial charge in [-0.2, -0.15) is 0 Å².